The minimum Gasteiger partial charge on any atom is -0.493 e. The van der Waals surface area contributed by atoms with Crippen molar-refractivity contribution in [1.29, 1.82) is 0 Å². The average molecular weight is 349 g/mol. The Morgan fingerprint density at radius 1 is 1.08 bits per heavy atom. The minimum atomic E-state index is -0.141. The summed E-state index contributed by atoms with van der Waals surface area (Å²) < 4.78 is 21.5. The van der Waals surface area contributed by atoms with E-state index >= 15 is 0 Å². The molecule has 25 heavy (non-hydrogen) atoms. The van der Waals surface area contributed by atoms with E-state index in [0.29, 0.717) is 35.5 Å². The Morgan fingerprint density at radius 2 is 1.68 bits per heavy atom. The van der Waals surface area contributed by atoms with Crippen molar-refractivity contribution in [3.05, 3.63) is 29.4 Å². The topological polar surface area (TPSA) is 78.6 Å². The second kappa shape index (κ2) is 7.74. The molecule has 1 aromatic carbocycles. The molecule has 7 heteroatoms. The lowest BCUT2D eigenvalue weighted by molar-refractivity contribution is 0.322. The molecule has 0 spiro atoms. The molecular formula is C18H27N3O4. The van der Waals surface area contributed by atoms with Crippen LogP contribution in [0.4, 0.5) is 0 Å². The van der Waals surface area contributed by atoms with Crippen molar-refractivity contribution >= 4 is 0 Å². The minimum absolute atomic E-state index is 0.0808. The van der Waals surface area contributed by atoms with Crippen molar-refractivity contribution in [2.75, 3.05) is 21.3 Å². The maximum Gasteiger partial charge on any atom is 0.243 e. The molecule has 0 saturated carbocycles. The van der Waals surface area contributed by atoms with E-state index in [2.05, 4.69) is 36.2 Å². The number of rotatable bonds is 7. The fourth-order valence-corrected chi connectivity index (χ4v) is 2.31. The highest BCUT2D eigenvalue weighted by Crippen LogP contribution is 2.38. The molecule has 0 saturated heterocycles. The Balaban J connectivity index is 2.11. The SMILES string of the molecule is COc1cc(CNC(C)c2nc(C(C)(C)C)no2)cc(OC)c1OC. The van der Waals surface area contributed by atoms with E-state index in [9.17, 15) is 0 Å². The first-order valence-corrected chi connectivity index (χ1v) is 8.16. The second-order valence-electron chi connectivity index (χ2n) is 6.84. The van der Waals surface area contributed by atoms with E-state index in [4.69, 9.17) is 18.7 Å². The van der Waals surface area contributed by atoms with Gasteiger partial charge in [-0.05, 0) is 24.6 Å². The van der Waals surface area contributed by atoms with Crippen LogP contribution in [0.15, 0.2) is 16.7 Å². The fraction of sp³-hybridized carbons (Fsp3) is 0.556. The van der Waals surface area contributed by atoms with Crippen molar-refractivity contribution in [1.82, 2.24) is 15.5 Å². The highest BCUT2D eigenvalue weighted by atomic mass is 16.5. The van der Waals surface area contributed by atoms with Gasteiger partial charge in [0, 0.05) is 12.0 Å². The number of nitrogens with one attached hydrogen (secondary N) is 1. The molecule has 138 valence electrons. The van der Waals surface area contributed by atoms with Crippen molar-refractivity contribution in [3.8, 4) is 17.2 Å². The summed E-state index contributed by atoms with van der Waals surface area (Å²) in [6.45, 7) is 8.73. The lowest BCUT2D eigenvalue weighted by Gasteiger charge is -2.15. The molecule has 1 heterocycles. The summed E-state index contributed by atoms with van der Waals surface area (Å²) in [5.74, 6) is 3.09. The monoisotopic (exact) mass is 349 g/mol. The van der Waals surface area contributed by atoms with Crippen LogP contribution in [-0.4, -0.2) is 31.5 Å². The molecule has 0 amide bonds. The summed E-state index contributed by atoms with van der Waals surface area (Å²) in [6, 6.07) is 3.74. The van der Waals surface area contributed by atoms with E-state index in [1.165, 1.54) is 0 Å². The zero-order chi connectivity index (χ0) is 18.6. The Kier molecular flexibility index (Phi) is 5.89. The molecule has 2 rings (SSSR count). The first-order valence-electron chi connectivity index (χ1n) is 8.16. The van der Waals surface area contributed by atoms with Crippen LogP contribution in [0.25, 0.3) is 0 Å². The van der Waals surface area contributed by atoms with Crippen LogP contribution in [0.5, 0.6) is 17.2 Å². The first kappa shape index (κ1) is 19.1. The van der Waals surface area contributed by atoms with E-state index < -0.39 is 0 Å². The second-order valence-corrected chi connectivity index (χ2v) is 6.84. The third-order valence-electron chi connectivity index (χ3n) is 3.82. The van der Waals surface area contributed by atoms with Crippen LogP contribution in [0.3, 0.4) is 0 Å². The summed E-state index contributed by atoms with van der Waals surface area (Å²) in [7, 11) is 4.79. The molecule has 0 aliphatic carbocycles. The van der Waals surface area contributed by atoms with Gasteiger partial charge in [-0.1, -0.05) is 25.9 Å². The van der Waals surface area contributed by atoms with E-state index in [0.717, 1.165) is 5.56 Å². The van der Waals surface area contributed by atoms with E-state index in [-0.39, 0.29) is 11.5 Å². The van der Waals surface area contributed by atoms with Gasteiger partial charge in [-0.2, -0.15) is 4.98 Å². The van der Waals surface area contributed by atoms with Gasteiger partial charge >= 0.3 is 0 Å². The molecule has 0 bridgehead atoms. The lowest BCUT2D eigenvalue weighted by Crippen LogP contribution is -2.19. The number of methoxy groups -OCH3 is 3. The normalized spacial score (nSPS) is 12.8. The van der Waals surface area contributed by atoms with Gasteiger partial charge in [-0.3, -0.25) is 0 Å². The smallest absolute Gasteiger partial charge is 0.243 e. The molecule has 1 N–H and O–H groups in total. The number of hydrogen-bond acceptors (Lipinski definition) is 7. The molecule has 1 atom stereocenters. The summed E-state index contributed by atoms with van der Waals surface area (Å²) in [6.07, 6.45) is 0. The van der Waals surface area contributed by atoms with E-state index in [1.54, 1.807) is 21.3 Å². The van der Waals surface area contributed by atoms with Crippen LogP contribution in [0.1, 0.15) is 51.0 Å². The predicted molar refractivity (Wildman–Crippen MR) is 94.4 cm³/mol. The largest absolute Gasteiger partial charge is 0.493 e. The van der Waals surface area contributed by atoms with Gasteiger partial charge < -0.3 is 24.1 Å². The van der Waals surface area contributed by atoms with Crippen molar-refractivity contribution in [2.45, 2.75) is 45.7 Å². The molecule has 0 fully saturated rings. The Morgan fingerprint density at radius 3 is 2.12 bits per heavy atom. The van der Waals surface area contributed by atoms with Gasteiger partial charge in [0.25, 0.3) is 0 Å². The van der Waals surface area contributed by atoms with Crippen LogP contribution in [0.2, 0.25) is 0 Å². The van der Waals surface area contributed by atoms with Gasteiger partial charge in [0.2, 0.25) is 11.6 Å². The van der Waals surface area contributed by atoms with Gasteiger partial charge in [0.05, 0.1) is 27.4 Å². The van der Waals surface area contributed by atoms with Crippen molar-refractivity contribution in [2.24, 2.45) is 0 Å². The van der Waals surface area contributed by atoms with Gasteiger partial charge in [-0.15, -0.1) is 0 Å². The van der Waals surface area contributed by atoms with Crippen LogP contribution >= 0.6 is 0 Å². The quantitative estimate of drug-likeness (QED) is 0.822. The maximum atomic E-state index is 5.38. The molecule has 1 unspecified atom stereocenters. The Hall–Kier alpha value is -2.28. The highest BCUT2D eigenvalue weighted by Gasteiger charge is 2.23. The summed E-state index contributed by atoms with van der Waals surface area (Å²) in [4.78, 5) is 4.48. The van der Waals surface area contributed by atoms with Crippen LogP contribution < -0.4 is 19.5 Å². The summed E-state index contributed by atoms with van der Waals surface area (Å²) in [5.41, 5.74) is 0.856. The predicted octanol–water partition coefficient (Wildman–Crippen LogP) is 3.24. The molecular weight excluding hydrogens is 322 g/mol. The average Bonchev–Trinajstić information content (AvgIpc) is 3.09. The molecule has 0 aliphatic rings. The fourth-order valence-electron chi connectivity index (χ4n) is 2.31. The number of benzene rings is 1. The van der Waals surface area contributed by atoms with Crippen LogP contribution in [0, 0.1) is 0 Å². The van der Waals surface area contributed by atoms with Gasteiger partial charge in [0.1, 0.15) is 0 Å². The number of aromatic nitrogens is 2. The van der Waals surface area contributed by atoms with Gasteiger partial charge in [-0.25, -0.2) is 0 Å². The molecule has 0 aliphatic heterocycles. The Bertz CT molecular complexity index is 682. The molecule has 1 aromatic heterocycles. The molecule has 0 radical (unpaired) electrons. The number of hydrogen-bond donors (Lipinski definition) is 1. The zero-order valence-corrected chi connectivity index (χ0v) is 16.0. The van der Waals surface area contributed by atoms with Crippen molar-refractivity contribution < 1.29 is 18.7 Å². The molecule has 2 aromatic rings. The first-order chi connectivity index (χ1) is 11.8. The lowest BCUT2D eigenvalue weighted by atomic mass is 9.96. The third-order valence-corrected chi connectivity index (χ3v) is 3.82. The Labute approximate surface area is 148 Å². The highest BCUT2D eigenvalue weighted by molar-refractivity contribution is 5.53. The number of nitrogens with zero attached hydrogens (tertiary/aromatic N) is 2. The summed E-state index contributed by atoms with van der Waals surface area (Å²) >= 11 is 0. The number of ether oxygens (including phenoxy) is 3. The molecule has 7 nitrogen and oxygen atoms in total. The maximum absolute atomic E-state index is 5.38. The summed E-state index contributed by atoms with van der Waals surface area (Å²) in [5, 5.41) is 7.43. The third kappa shape index (κ3) is 4.42. The van der Waals surface area contributed by atoms with E-state index in [1.807, 2.05) is 19.1 Å². The van der Waals surface area contributed by atoms with Crippen LogP contribution in [-0.2, 0) is 12.0 Å². The zero-order valence-electron chi connectivity index (χ0n) is 16.0. The van der Waals surface area contributed by atoms with Crippen molar-refractivity contribution in [3.63, 3.8) is 0 Å². The van der Waals surface area contributed by atoms with Gasteiger partial charge in [0.15, 0.2) is 17.3 Å². The standard InChI is InChI=1S/C18H27N3O4/c1-11(16-20-17(21-25-16)18(2,3)4)19-10-12-8-13(22-5)15(24-7)14(9-12)23-6/h8-9,11,19H,10H2,1-7H3.